The van der Waals surface area contributed by atoms with Gasteiger partial charge in [0.25, 0.3) is 0 Å². The van der Waals surface area contributed by atoms with Crippen molar-refractivity contribution in [1.82, 2.24) is 25.3 Å². The smallest absolute Gasteiger partial charge is 0.410 e. The minimum absolute atomic E-state index is 0.0479. The van der Waals surface area contributed by atoms with Crippen LogP contribution in [0.1, 0.15) is 49.7 Å². The third-order valence-corrected chi connectivity index (χ3v) is 5.25. The maximum absolute atomic E-state index is 12.3. The van der Waals surface area contributed by atoms with Gasteiger partial charge in [-0.25, -0.2) is 9.59 Å². The molecule has 9 nitrogen and oxygen atoms in total. The number of rotatable bonds is 3. The van der Waals surface area contributed by atoms with Gasteiger partial charge in [-0.2, -0.15) is 4.98 Å². The number of ether oxygens (including phenoxy) is 1. The zero-order valence-corrected chi connectivity index (χ0v) is 14.1. The van der Waals surface area contributed by atoms with Crippen LogP contribution < -0.4 is 5.32 Å². The number of hydrogen-bond donors (Lipinski definition) is 1. The van der Waals surface area contributed by atoms with Gasteiger partial charge in [0.2, 0.25) is 5.89 Å². The van der Waals surface area contributed by atoms with Crippen molar-refractivity contribution >= 4 is 12.1 Å². The number of aromatic nitrogens is 2. The number of amides is 3. The van der Waals surface area contributed by atoms with Crippen LogP contribution in [0.4, 0.5) is 9.59 Å². The number of urea groups is 1. The second kappa shape index (κ2) is 6.89. The quantitative estimate of drug-likeness (QED) is 0.887. The van der Waals surface area contributed by atoms with Crippen LogP contribution in [-0.4, -0.2) is 64.3 Å². The van der Waals surface area contributed by atoms with Crippen molar-refractivity contribution in [2.24, 2.45) is 0 Å². The molecule has 2 aliphatic heterocycles. The second-order valence-electron chi connectivity index (χ2n) is 6.91. The molecule has 9 heteroatoms. The SMILES string of the molecule is O=C(NCc1nc(C2CCCCC2)no1)N1CCN2C(=O)OC[C@H]2C1. The number of carbonyl (C=O) groups excluding carboxylic acids is 2. The summed E-state index contributed by atoms with van der Waals surface area (Å²) in [6, 6.07) is -0.232. The highest BCUT2D eigenvalue weighted by Crippen LogP contribution is 2.30. The average molecular weight is 349 g/mol. The Morgan fingerprint density at radius 1 is 1.24 bits per heavy atom. The molecular formula is C16H23N5O4. The molecule has 4 rings (SSSR count). The van der Waals surface area contributed by atoms with Crippen molar-refractivity contribution in [2.75, 3.05) is 26.2 Å². The van der Waals surface area contributed by atoms with Gasteiger partial charge in [0.05, 0.1) is 12.6 Å². The van der Waals surface area contributed by atoms with Crippen LogP contribution in [0.25, 0.3) is 0 Å². The Morgan fingerprint density at radius 3 is 2.92 bits per heavy atom. The summed E-state index contributed by atoms with van der Waals surface area (Å²) in [5.41, 5.74) is 0. The fourth-order valence-electron chi connectivity index (χ4n) is 3.80. The van der Waals surface area contributed by atoms with E-state index in [0.29, 0.717) is 38.0 Å². The first-order valence-corrected chi connectivity index (χ1v) is 8.99. The van der Waals surface area contributed by atoms with E-state index in [1.807, 2.05) is 0 Å². The molecular weight excluding hydrogens is 326 g/mol. The zero-order chi connectivity index (χ0) is 17.2. The Kier molecular flexibility index (Phi) is 4.46. The first kappa shape index (κ1) is 16.2. The number of cyclic esters (lactones) is 1. The summed E-state index contributed by atoms with van der Waals surface area (Å²) in [6.45, 7) is 2.04. The fraction of sp³-hybridized carbons (Fsp3) is 0.750. The molecule has 0 spiro atoms. The molecule has 0 bridgehead atoms. The predicted octanol–water partition coefficient (Wildman–Crippen LogP) is 1.46. The third kappa shape index (κ3) is 3.40. The molecule has 1 saturated carbocycles. The van der Waals surface area contributed by atoms with Gasteiger partial charge in [0.1, 0.15) is 6.61 Å². The number of hydrogen-bond acceptors (Lipinski definition) is 6. The molecule has 0 aromatic carbocycles. The predicted molar refractivity (Wildman–Crippen MR) is 85.8 cm³/mol. The lowest BCUT2D eigenvalue weighted by Crippen LogP contribution is -2.55. The standard InChI is InChI=1S/C16H23N5O4/c22-15(20-6-7-21-12(9-20)10-24-16(21)23)17-8-13-18-14(19-25-13)11-4-2-1-3-5-11/h11-12H,1-10H2,(H,17,22)/t12-/m1/s1. The average Bonchev–Trinajstić information content (AvgIpc) is 3.27. The molecule has 1 aliphatic carbocycles. The lowest BCUT2D eigenvalue weighted by molar-refractivity contribution is 0.126. The van der Waals surface area contributed by atoms with Crippen LogP contribution >= 0.6 is 0 Å². The normalized spacial score (nSPS) is 24.2. The van der Waals surface area contributed by atoms with E-state index in [4.69, 9.17) is 9.26 Å². The Balaban J connectivity index is 1.27. The van der Waals surface area contributed by atoms with Crippen LogP contribution in [0.2, 0.25) is 0 Å². The molecule has 3 fully saturated rings. The molecule has 1 N–H and O–H groups in total. The highest BCUT2D eigenvalue weighted by Gasteiger charge is 2.38. The molecule has 1 aromatic rings. The maximum Gasteiger partial charge on any atom is 0.410 e. The van der Waals surface area contributed by atoms with E-state index in [0.717, 1.165) is 18.7 Å². The summed E-state index contributed by atoms with van der Waals surface area (Å²) >= 11 is 0. The molecule has 1 aromatic heterocycles. The van der Waals surface area contributed by atoms with E-state index in [9.17, 15) is 9.59 Å². The van der Waals surface area contributed by atoms with Crippen molar-refractivity contribution in [3.8, 4) is 0 Å². The summed E-state index contributed by atoms with van der Waals surface area (Å²) in [4.78, 5) is 31.6. The van der Waals surface area contributed by atoms with Gasteiger partial charge in [-0.15, -0.1) is 0 Å². The van der Waals surface area contributed by atoms with E-state index in [2.05, 4.69) is 15.5 Å². The molecule has 2 saturated heterocycles. The summed E-state index contributed by atoms with van der Waals surface area (Å²) in [6.07, 6.45) is 5.64. The van der Waals surface area contributed by atoms with E-state index in [1.165, 1.54) is 19.3 Å². The number of nitrogens with zero attached hydrogens (tertiary/aromatic N) is 4. The van der Waals surface area contributed by atoms with Gasteiger partial charge < -0.3 is 19.5 Å². The monoisotopic (exact) mass is 349 g/mol. The van der Waals surface area contributed by atoms with Crippen molar-refractivity contribution in [3.05, 3.63) is 11.7 Å². The zero-order valence-electron chi connectivity index (χ0n) is 14.1. The molecule has 3 amide bonds. The molecule has 1 atom stereocenters. The van der Waals surface area contributed by atoms with Crippen LogP contribution in [0.15, 0.2) is 4.52 Å². The Bertz CT molecular complexity index is 642. The van der Waals surface area contributed by atoms with Crippen molar-refractivity contribution in [3.63, 3.8) is 0 Å². The molecule has 3 heterocycles. The number of carbonyl (C=O) groups is 2. The van der Waals surface area contributed by atoms with Crippen LogP contribution in [0, 0.1) is 0 Å². The van der Waals surface area contributed by atoms with Crippen molar-refractivity contribution < 1.29 is 18.8 Å². The first-order chi connectivity index (χ1) is 12.2. The summed E-state index contributed by atoms with van der Waals surface area (Å²) in [7, 11) is 0. The summed E-state index contributed by atoms with van der Waals surface area (Å²) in [5, 5.41) is 6.89. The van der Waals surface area contributed by atoms with Crippen LogP contribution in [0.5, 0.6) is 0 Å². The van der Waals surface area contributed by atoms with Gasteiger partial charge in [-0.1, -0.05) is 24.4 Å². The van der Waals surface area contributed by atoms with Gasteiger partial charge >= 0.3 is 12.1 Å². The Labute approximate surface area is 145 Å². The summed E-state index contributed by atoms with van der Waals surface area (Å²) in [5.74, 6) is 1.58. The van der Waals surface area contributed by atoms with E-state index >= 15 is 0 Å². The molecule has 3 aliphatic rings. The van der Waals surface area contributed by atoms with E-state index in [-0.39, 0.29) is 24.7 Å². The van der Waals surface area contributed by atoms with Crippen LogP contribution in [0.3, 0.4) is 0 Å². The molecule has 25 heavy (non-hydrogen) atoms. The lowest BCUT2D eigenvalue weighted by Gasteiger charge is -2.35. The maximum atomic E-state index is 12.3. The van der Waals surface area contributed by atoms with Gasteiger partial charge in [-0.3, -0.25) is 4.90 Å². The second-order valence-corrected chi connectivity index (χ2v) is 6.91. The van der Waals surface area contributed by atoms with Gasteiger partial charge in [0, 0.05) is 25.6 Å². The van der Waals surface area contributed by atoms with Crippen LogP contribution in [-0.2, 0) is 11.3 Å². The molecule has 0 radical (unpaired) electrons. The third-order valence-electron chi connectivity index (χ3n) is 5.25. The number of piperazine rings is 1. The number of fused-ring (bicyclic) bond motifs is 1. The topological polar surface area (TPSA) is 101 Å². The minimum atomic E-state index is -0.286. The highest BCUT2D eigenvalue weighted by atomic mass is 16.6. The molecule has 136 valence electrons. The lowest BCUT2D eigenvalue weighted by atomic mass is 9.89. The fourth-order valence-corrected chi connectivity index (χ4v) is 3.80. The van der Waals surface area contributed by atoms with Crippen molar-refractivity contribution in [2.45, 2.75) is 50.6 Å². The minimum Gasteiger partial charge on any atom is -0.447 e. The Hall–Kier alpha value is -2.32. The van der Waals surface area contributed by atoms with Gasteiger partial charge in [0.15, 0.2) is 5.82 Å². The molecule has 0 unspecified atom stereocenters. The number of nitrogens with one attached hydrogen (secondary N) is 1. The largest absolute Gasteiger partial charge is 0.447 e. The highest BCUT2D eigenvalue weighted by molar-refractivity contribution is 5.75. The van der Waals surface area contributed by atoms with E-state index in [1.54, 1.807) is 9.80 Å². The van der Waals surface area contributed by atoms with E-state index < -0.39 is 0 Å². The first-order valence-electron chi connectivity index (χ1n) is 8.99. The Morgan fingerprint density at radius 2 is 2.08 bits per heavy atom. The van der Waals surface area contributed by atoms with Crippen molar-refractivity contribution in [1.29, 1.82) is 0 Å². The summed E-state index contributed by atoms with van der Waals surface area (Å²) < 4.78 is 10.3. The van der Waals surface area contributed by atoms with Gasteiger partial charge in [-0.05, 0) is 12.8 Å².